The molecule has 0 aromatic heterocycles. The van der Waals surface area contributed by atoms with Crippen LogP contribution in [0.4, 0.5) is 11.4 Å². The summed E-state index contributed by atoms with van der Waals surface area (Å²) < 4.78 is 0. The molecule has 0 amide bonds. The van der Waals surface area contributed by atoms with E-state index in [1.165, 1.54) is 0 Å². The van der Waals surface area contributed by atoms with E-state index in [0.29, 0.717) is 22.3 Å². The van der Waals surface area contributed by atoms with Gasteiger partial charge in [-0.15, -0.1) is 0 Å². The lowest BCUT2D eigenvalue weighted by Gasteiger charge is -2.17. The van der Waals surface area contributed by atoms with Crippen LogP contribution in [-0.4, -0.2) is 10.2 Å². The van der Waals surface area contributed by atoms with Crippen LogP contribution in [0.2, 0.25) is 0 Å². The van der Waals surface area contributed by atoms with Crippen LogP contribution in [0.3, 0.4) is 0 Å². The van der Waals surface area contributed by atoms with E-state index in [4.69, 9.17) is 0 Å². The summed E-state index contributed by atoms with van der Waals surface area (Å²) in [6.45, 7) is 5.46. The Morgan fingerprint density at radius 3 is 2.00 bits per heavy atom. The highest BCUT2D eigenvalue weighted by atomic mass is 16.3. The summed E-state index contributed by atoms with van der Waals surface area (Å²) in [5, 5.41) is 24.3. The molecule has 0 aliphatic carbocycles. The Morgan fingerprint density at radius 2 is 1.29 bits per heavy atom. The molecule has 0 radical (unpaired) electrons. The fourth-order valence-electron chi connectivity index (χ4n) is 2.91. The molecule has 3 heteroatoms. The Hall–Kier alpha value is -2.94. The lowest BCUT2D eigenvalue weighted by atomic mass is 9.92. The first-order valence-corrected chi connectivity index (χ1v) is 7.93. The number of anilines is 2. The maximum absolute atomic E-state index is 10.6. The predicted octanol–water partition coefficient (Wildman–Crippen LogP) is 5.43. The van der Waals surface area contributed by atoms with Gasteiger partial charge in [0.15, 0.2) is 0 Å². The van der Waals surface area contributed by atoms with E-state index in [1.54, 1.807) is 0 Å². The number of phenols is 2. The minimum atomic E-state index is 0.222. The molecule has 122 valence electrons. The molecule has 0 spiro atoms. The van der Waals surface area contributed by atoms with E-state index in [0.717, 1.165) is 16.9 Å². The molecule has 0 heterocycles. The second kappa shape index (κ2) is 6.28. The zero-order valence-corrected chi connectivity index (χ0v) is 14.1. The summed E-state index contributed by atoms with van der Waals surface area (Å²) in [5.74, 6) is 0.460. The molecule has 0 unspecified atom stereocenters. The van der Waals surface area contributed by atoms with Gasteiger partial charge in [-0.3, -0.25) is 0 Å². The predicted molar refractivity (Wildman–Crippen MR) is 99.1 cm³/mol. The lowest BCUT2D eigenvalue weighted by Crippen LogP contribution is -1.94. The first-order valence-electron chi connectivity index (χ1n) is 7.93. The van der Waals surface area contributed by atoms with Gasteiger partial charge in [-0.25, -0.2) is 0 Å². The van der Waals surface area contributed by atoms with Crippen LogP contribution in [0.1, 0.15) is 16.7 Å². The quantitative estimate of drug-likeness (QED) is 0.564. The van der Waals surface area contributed by atoms with Crippen molar-refractivity contribution < 1.29 is 10.2 Å². The van der Waals surface area contributed by atoms with Gasteiger partial charge in [0.2, 0.25) is 0 Å². The van der Waals surface area contributed by atoms with Crippen LogP contribution in [0.5, 0.6) is 11.5 Å². The molecule has 3 aromatic rings. The molecule has 0 aliphatic rings. The fraction of sp³-hybridized carbons (Fsp3) is 0.143. The highest BCUT2D eigenvalue weighted by Crippen LogP contribution is 2.42. The van der Waals surface area contributed by atoms with E-state index in [1.807, 2.05) is 75.4 Å². The summed E-state index contributed by atoms with van der Waals surface area (Å²) in [6.07, 6.45) is 0. The highest BCUT2D eigenvalue weighted by molar-refractivity contribution is 5.81. The first-order chi connectivity index (χ1) is 11.5. The third-order valence-electron chi connectivity index (χ3n) is 4.45. The van der Waals surface area contributed by atoms with Crippen molar-refractivity contribution in [2.24, 2.45) is 0 Å². The van der Waals surface area contributed by atoms with Gasteiger partial charge in [-0.1, -0.05) is 30.3 Å². The average molecular weight is 319 g/mol. The van der Waals surface area contributed by atoms with Crippen molar-refractivity contribution in [3.05, 3.63) is 71.3 Å². The Bertz CT molecular complexity index is 857. The van der Waals surface area contributed by atoms with Gasteiger partial charge in [0.05, 0.1) is 0 Å². The fourth-order valence-corrected chi connectivity index (χ4v) is 2.91. The van der Waals surface area contributed by atoms with Crippen molar-refractivity contribution in [3.63, 3.8) is 0 Å². The van der Waals surface area contributed by atoms with Crippen LogP contribution >= 0.6 is 0 Å². The zero-order valence-electron chi connectivity index (χ0n) is 14.1. The van der Waals surface area contributed by atoms with Gasteiger partial charge in [0, 0.05) is 22.5 Å². The van der Waals surface area contributed by atoms with Crippen molar-refractivity contribution in [2.45, 2.75) is 20.8 Å². The second-order valence-corrected chi connectivity index (χ2v) is 6.02. The Kier molecular flexibility index (Phi) is 4.17. The molecular formula is C21H21NO2. The number of benzene rings is 3. The number of phenolic OH excluding ortho intramolecular Hbond substituents is 2. The number of para-hydroxylation sites is 1. The maximum Gasteiger partial charge on any atom is 0.127 e. The Balaban J connectivity index is 2.07. The van der Waals surface area contributed by atoms with Crippen LogP contribution in [0.15, 0.2) is 54.6 Å². The SMILES string of the molecule is Cc1c(C)c(O)c(-c2cccc(Nc3ccccc3)c2)c(C)c1O. The van der Waals surface area contributed by atoms with Crippen LogP contribution in [0.25, 0.3) is 11.1 Å². The van der Waals surface area contributed by atoms with E-state index >= 15 is 0 Å². The van der Waals surface area contributed by atoms with Crippen LogP contribution in [0, 0.1) is 20.8 Å². The summed E-state index contributed by atoms with van der Waals surface area (Å²) in [7, 11) is 0. The van der Waals surface area contributed by atoms with E-state index < -0.39 is 0 Å². The van der Waals surface area contributed by atoms with Crippen LogP contribution in [-0.2, 0) is 0 Å². The van der Waals surface area contributed by atoms with Gasteiger partial charge in [-0.2, -0.15) is 0 Å². The van der Waals surface area contributed by atoms with E-state index in [9.17, 15) is 10.2 Å². The maximum atomic E-state index is 10.6. The molecule has 3 nitrogen and oxygen atoms in total. The molecule has 24 heavy (non-hydrogen) atoms. The summed E-state index contributed by atoms with van der Waals surface area (Å²) in [4.78, 5) is 0. The van der Waals surface area contributed by atoms with Gasteiger partial charge in [-0.05, 0) is 61.7 Å². The average Bonchev–Trinajstić information content (AvgIpc) is 2.60. The van der Waals surface area contributed by atoms with E-state index in [2.05, 4.69) is 5.32 Å². The second-order valence-electron chi connectivity index (χ2n) is 6.02. The molecule has 3 aromatic carbocycles. The minimum absolute atomic E-state index is 0.222. The summed E-state index contributed by atoms with van der Waals surface area (Å²) in [6, 6.07) is 17.7. The Morgan fingerprint density at radius 1 is 0.667 bits per heavy atom. The third-order valence-corrected chi connectivity index (χ3v) is 4.45. The molecule has 0 fully saturated rings. The zero-order chi connectivity index (χ0) is 17.3. The van der Waals surface area contributed by atoms with Crippen molar-refractivity contribution in [2.75, 3.05) is 5.32 Å². The van der Waals surface area contributed by atoms with Crippen molar-refractivity contribution in [3.8, 4) is 22.6 Å². The molecule has 0 atom stereocenters. The number of hydrogen-bond donors (Lipinski definition) is 3. The van der Waals surface area contributed by atoms with Gasteiger partial charge >= 0.3 is 0 Å². The van der Waals surface area contributed by atoms with Crippen molar-refractivity contribution in [1.82, 2.24) is 0 Å². The topological polar surface area (TPSA) is 52.5 Å². The van der Waals surface area contributed by atoms with Crippen molar-refractivity contribution >= 4 is 11.4 Å². The number of aromatic hydroxyl groups is 2. The number of nitrogens with one attached hydrogen (secondary N) is 1. The molecule has 0 saturated carbocycles. The van der Waals surface area contributed by atoms with E-state index in [-0.39, 0.29) is 11.5 Å². The number of hydrogen-bond acceptors (Lipinski definition) is 3. The third kappa shape index (κ3) is 2.81. The Labute approximate surface area is 142 Å². The largest absolute Gasteiger partial charge is 0.507 e. The van der Waals surface area contributed by atoms with Crippen molar-refractivity contribution in [1.29, 1.82) is 0 Å². The molecule has 0 aliphatic heterocycles. The molecule has 0 bridgehead atoms. The minimum Gasteiger partial charge on any atom is -0.507 e. The van der Waals surface area contributed by atoms with Gasteiger partial charge < -0.3 is 15.5 Å². The van der Waals surface area contributed by atoms with Crippen LogP contribution < -0.4 is 5.32 Å². The normalized spacial score (nSPS) is 10.6. The molecule has 3 rings (SSSR count). The molecule has 3 N–H and O–H groups in total. The standard InChI is InChI=1S/C21H21NO2/c1-13-14(2)21(24)19(15(3)20(13)23)16-8-7-11-18(12-16)22-17-9-5-4-6-10-17/h4-12,22-24H,1-3H3. The monoisotopic (exact) mass is 319 g/mol. The lowest BCUT2D eigenvalue weighted by molar-refractivity contribution is 0.451. The van der Waals surface area contributed by atoms with Gasteiger partial charge in [0.1, 0.15) is 11.5 Å². The smallest absolute Gasteiger partial charge is 0.127 e. The molecule has 0 saturated heterocycles. The highest BCUT2D eigenvalue weighted by Gasteiger charge is 2.17. The molecular weight excluding hydrogens is 298 g/mol. The van der Waals surface area contributed by atoms with Gasteiger partial charge in [0.25, 0.3) is 0 Å². The number of rotatable bonds is 3. The first kappa shape index (κ1) is 15.9. The summed E-state index contributed by atoms with van der Waals surface area (Å²) >= 11 is 0. The summed E-state index contributed by atoms with van der Waals surface area (Å²) in [5.41, 5.74) is 5.57.